The van der Waals surface area contributed by atoms with Gasteiger partial charge in [0.1, 0.15) is 17.3 Å². The average molecular weight is 340 g/mol. The average Bonchev–Trinajstić information content (AvgIpc) is 3.15. The number of nitrogens with zero attached hydrogens (tertiary/aromatic N) is 5. The Morgan fingerprint density at radius 3 is 2.72 bits per heavy atom. The zero-order valence-corrected chi connectivity index (χ0v) is 14.2. The molecule has 4 heterocycles. The fourth-order valence-electron chi connectivity index (χ4n) is 3.52. The van der Waals surface area contributed by atoms with Crippen LogP contribution in [0, 0.1) is 6.92 Å². The van der Waals surface area contributed by atoms with Crippen LogP contribution in [0.5, 0.6) is 0 Å². The Hall–Kier alpha value is -2.77. The summed E-state index contributed by atoms with van der Waals surface area (Å²) in [5, 5.41) is 0. The SMILES string of the molecule is Cc1nc2c(c(N3CCCC3)n1)CCN(C(=O)c1c[nH]c(=O)cn1)C2. The van der Waals surface area contributed by atoms with Gasteiger partial charge in [0.2, 0.25) is 0 Å². The minimum atomic E-state index is -0.320. The first-order valence-electron chi connectivity index (χ1n) is 8.57. The Morgan fingerprint density at radius 2 is 2.00 bits per heavy atom. The van der Waals surface area contributed by atoms with Crippen LogP contribution in [-0.2, 0) is 13.0 Å². The Kier molecular flexibility index (Phi) is 3.95. The van der Waals surface area contributed by atoms with Crippen molar-refractivity contribution >= 4 is 11.7 Å². The van der Waals surface area contributed by atoms with E-state index in [9.17, 15) is 9.59 Å². The molecule has 0 spiro atoms. The molecular weight excluding hydrogens is 320 g/mol. The molecule has 0 aromatic carbocycles. The third-order valence-electron chi connectivity index (χ3n) is 4.74. The highest BCUT2D eigenvalue weighted by atomic mass is 16.2. The molecule has 1 N–H and O–H groups in total. The van der Waals surface area contributed by atoms with Gasteiger partial charge < -0.3 is 14.8 Å². The quantitative estimate of drug-likeness (QED) is 0.863. The van der Waals surface area contributed by atoms with Crippen molar-refractivity contribution in [3.63, 3.8) is 0 Å². The van der Waals surface area contributed by atoms with Gasteiger partial charge in [-0.1, -0.05) is 0 Å². The van der Waals surface area contributed by atoms with Gasteiger partial charge in [0, 0.05) is 31.4 Å². The molecule has 1 fully saturated rings. The monoisotopic (exact) mass is 340 g/mol. The molecule has 130 valence electrons. The van der Waals surface area contributed by atoms with Gasteiger partial charge in [0.15, 0.2) is 0 Å². The fraction of sp³-hybridized carbons (Fsp3) is 0.471. The number of hydrogen-bond acceptors (Lipinski definition) is 6. The third kappa shape index (κ3) is 2.99. The van der Waals surface area contributed by atoms with E-state index in [1.807, 2.05) is 6.92 Å². The maximum absolute atomic E-state index is 12.6. The van der Waals surface area contributed by atoms with E-state index in [2.05, 4.69) is 24.8 Å². The Labute approximate surface area is 144 Å². The first kappa shape index (κ1) is 15.7. The van der Waals surface area contributed by atoms with Gasteiger partial charge in [-0.25, -0.2) is 15.0 Å². The zero-order valence-electron chi connectivity index (χ0n) is 14.2. The molecule has 1 amide bonds. The van der Waals surface area contributed by atoms with Gasteiger partial charge >= 0.3 is 0 Å². The van der Waals surface area contributed by atoms with Crippen LogP contribution in [0.1, 0.15) is 40.4 Å². The largest absolute Gasteiger partial charge is 0.356 e. The number of carbonyl (C=O) groups excluding carboxylic acids is 1. The highest BCUT2D eigenvalue weighted by molar-refractivity contribution is 5.92. The van der Waals surface area contributed by atoms with E-state index in [0.29, 0.717) is 13.1 Å². The minimum Gasteiger partial charge on any atom is -0.356 e. The molecule has 2 aromatic rings. The summed E-state index contributed by atoms with van der Waals surface area (Å²) in [6.07, 6.45) is 5.61. The number of rotatable bonds is 2. The van der Waals surface area contributed by atoms with Crippen molar-refractivity contribution < 1.29 is 4.79 Å². The maximum atomic E-state index is 12.6. The van der Waals surface area contributed by atoms with Gasteiger partial charge in [0.25, 0.3) is 11.5 Å². The maximum Gasteiger partial charge on any atom is 0.274 e. The zero-order chi connectivity index (χ0) is 17.4. The summed E-state index contributed by atoms with van der Waals surface area (Å²) in [5.74, 6) is 1.58. The summed E-state index contributed by atoms with van der Waals surface area (Å²) < 4.78 is 0. The van der Waals surface area contributed by atoms with E-state index in [1.54, 1.807) is 4.90 Å². The Bertz CT molecular complexity index is 851. The highest BCUT2D eigenvalue weighted by Gasteiger charge is 2.28. The van der Waals surface area contributed by atoms with E-state index in [1.165, 1.54) is 19.0 Å². The lowest BCUT2D eigenvalue weighted by atomic mass is 10.0. The number of carbonyl (C=O) groups is 1. The standard InChI is InChI=1S/C17H20N6O2/c1-11-20-14-10-23(17(25)13-8-19-15(24)9-18-13)7-4-12(14)16(21-11)22-5-2-3-6-22/h8-9H,2-7,10H2,1H3,(H,19,24). The third-order valence-corrected chi connectivity index (χ3v) is 4.74. The summed E-state index contributed by atoms with van der Waals surface area (Å²) in [5.41, 5.74) is 2.00. The molecule has 0 radical (unpaired) electrons. The van der Waals surface area contributed by atoms with E-state index in [4.69, 9.17) is 0 Å². The van der Waals surface area contributed by atoms with E-state index in [0.717, 1.165) is 48.6 Å². The number of hydrogen-bond donors (Lipinski definition) is 1. The van der Waals surface area contributed by atoms with Crippen molar-refractivity contribution in [3.8, 4) is 0 Å². The van der Waals surface area contributed by atoms with Crippen LogP contribution in [0.15, 0.2) is 17.2 Å². The van der Waals surface area contributed by atoms with Crippen molar-refractivity contribution in [1.82, 2.24) is 24.8 Å². The molecule has 25 heavy (non-hydrogen) atoms. The van der Waals surface area contributed by atoms with Crippen LogP contribution in [0.3, 0.4) is 0 Å². The molecule has 8 heteroatoms. The molecule has 0 aliphatic carbocycles. The van der Waals surface area contributed by atoms with Crippen LogP contribution in [-0.4, -0.2) is 50.4 Å². The van der Waals surface area contributed by atoms with Crippen LogP contribution in [0.4, 0.5) is 5.82 Å². The number of H-pyrrole nitrogens is 1. The number of nitrogens with one attached hydrogen (secondary N) is 1. The van der Waals surface area contributed by atoms with Gasteiger partial charge in [0.05, 0.1) is 18.4 Å². The number of amides is 1. The first-order valence-corrected chi connectivity index (χ1v) is 8.57. The molecule has 0 unspecified atom stereocenters. The molecule has 4 rings (SSSR count). The number of aromatic amines is 1. The molecular formula is C17H20N6O2. The van der Waals surface area contributed by atoms with Crippen molar-refractivity contribution in [2.45, 2.75) is 32.7 Å². The minimum absolute atomic E-state index is 0.194. The van der Waals surface area contributed by atoms with Crippen LogP contribution < -0.4 is 10.5 Å². The topological polar surface area (TPSA) is 95.1 Å². The van der Waals surface area contributed by atoms with Crippen molar-refractivity contribution in [1.29, 1.82) is 0 Å². The van der Waals surface area contributed by atoms with E-state index in [-0.39, 0.29) is 17.2 Å². The molecule has 0 atom stereocenters. The number of aryl methyl sites for hydroxylation is 1. The summed E-state index contributed by atoms with van der Waals surface area (Å²) in [6.45, 7) is 5.00. The molecule has 1 saturated heterocycles. The summed E-state index contributed by atoms with van der Waals surface area (Å²) in [4.78, 5) is 43.5. The summed E-state index contributed by atoms with van der Waals surface area (Å²) in [7, 11) is 0. The fourth-order valence-corrected chi connectivity index (χ4v) is 3.52. The predicted octanol–water partition coefficient (Wildman–Crippen LogP) is 0.667. The molecule has 8 nitrogen and oxygen atoms in total. The van der Waals surface area contributed by atoms with E-state index >= 15 is 0 Å². The first-order chi connectivity index (χ1) is 12.1. The second-order valence-corrected chi connectivity index (χ2v) is 6.49. The normalized spacial score (nSPS) is 16.8. The van der Waals surface area contributed by atoms with Crippen molar-refractivity contribution in [2.75, 3.05) is 24.5 Å². The molecule has 2 aromatic heterocycles. The van der Waals surface area contributed by atoms with Gasteiger partial charge in [-0.15, -0.1) is 0 Å². The molecule has 0 bridgehead atoms. The Morgan fingerprint density at radius 1 is 1.20 bits per heavy atom. The van der Waals surface area contributed by atoms with Crippen LogP contribution in [0.2, 0.25) is 0 Å². The molecule has 2 aliphatic rings. The molecule has 2 aliphatic heterocycles. The second kappa shape index (κ2) is 6.27. The number of aromatic nitrogens is 4. The highest BCUT2D eigenvalue weighted by Crippen LogP contribution is 2.29. The lowest BCUT2D eigenvalue weighted by Crippen LogP contribution is -2.38. The molecule has 0 saturated carbocycles. The summed E-state index contributed by atoms with van der Waals surface area (Å²) >= 11 is 0. The van der Waals surface area contributed by atoms with Crippen LogP contribution in [0.25, 0.3) is 0 Å². The summed E-state index contributed by atoms with van der Waals surface area (Å²) in [6, 6.07) is 0. The number of fused-ring (bicyclic) bond motifs is 1. The van der Waals surface area contributed by atoms with E-state index < -0.39 is 0 Å². The van der Waals surface area contributed by atoms with Gasteiger partial charge in [-0.2, -0.15) is 0 Å². The lowest BCUT2D eigenvalue weighted by Gasteiger charge is -2.31. The second-order valence-electron chi connectivity index (χ2n) is 6.49. The Balaban J connectivity index is 1.61. The van der Waals surface area contributed by atoms with Crippen molar-refractivity contribution in [3.05, 3.63) is 45.5 Å². The smallest absolute Gasteiger partial charge is 0.274 e. The van der Waals surface area contributed by atoms with Gasteiger partial charge in [-0.05, 0) is 26.2 Å². The lowest BCUT2D eigenvalue weighted by molar-refractivity contribution is 0.0725. The number of anilines is 1. The van der Waals surface area contributed by atoms with Crippen molar-refractivity contribution in [2.24, 2.45) is 0 Å². The van der Waals surface area contributed by atoms with Gasteiger partial charge in [-0.3, -0.25) is 9.59 Å². The predicted molar refractivity (Wildman–Crippen MR) is 91.5 cm³/mol. The van der Waals surface area contributed by atoms with Crippen LogP contribution >= 0.6 is 0 Å².